The number of hydrogen-bond acceptors (Lipinski definition) is 8. The van der Waals surface area contributed by atoms with Crippen LogP contribution in [0.3, 0.4) is 0 Å². The predicted molar refractivity (Wildman–Crippen MR) is 172 cm³/mol. The summed E-state index contributed by atoms with van der Waals surface area (Å²) in [6.07, 6.45) is -3.53. The molecule has 6 rings (SSSR count). The van der Waals surface area contributed by atoms with Crippen molar-refractivity contribution in [2.24, 2.45) is 0 Å². The van der Waals surface area contributed by atoms with Gasteiger partial charge in [0.05, 0.1) is 22.5 Å². The number of H-pyrrole nitrogens is 1. The molecule has 2 aromatic heterocycles. The van der Waals surface area contributed by atoms with Gasteiger partial charge >= 0.3 is 12.1 Å². The van der Waals surface area contributed by atoms with E-state index in [2.05, 4.69) is 25.4 Å². The van der Waals surface area contributed by atoms with E-state index in [1.807, 2.05) is 7.05 Å². The molecule has 266 valence electrons. The van der Waals surface area contributed by atoms with Gasteiger partial charge in [-0.3, -0.25) is 14.7 Å². The number of nitrogens with zero attached hydrogens (tertiary/aromatic N) is 4. The number of sulfone groups is 1. The maximum Gasteiger partial charge on any atom is 0.471 e. The zero-order valence-corrected chi connectivity index (χ0v) is 27.6. The average molecular weight is 721 g/mol. The highest BCUT2D eigenvalue weighted by Gasteiger charge is 2.46. The first-order chi connectivity index (χ1) is 23.7. The van der Waals surface area contributed by atoms with Crippen LogP contribution in [0, 0.1) is 11.6 Å². The summed E-state index contributed by atoms with van der Waals surface area (Å²) in [6, 6.07) is 8.48. The third kappa shape index (κ3) is 7.63. The van der Waals surface area contributed by atoms with E-state index < -0.39 is 56.3 Å². The number of piperidine rings is 1. The minimum absolute atomic E-state index is 0.0108. The van der Waals surface area contributed by atoms with Crippen LogP contribution in [0.15, 0.2) is 53.6 Å². The first-order valence-electron chi connectivity index (χ1n) is 15.8. The van der Waals surface area contributed by atoms with Crippen LogP contribution in [-0.2, 0) is 25.1 Å². The van der Waals surface area contributed by atoms with E-state index in [1.54, 1.807) is 6.07 Å². The molecule has 2 N–H and O–H groups in total. The molecule has 2 fully saturated rings. The first-order valence-corrected chi connectivity index (χ1v) is 17.5. The summed E-state index contributed by atoms with van der Waals surface area (Å²) in [5, 5.41) is 8.69. The quantitative estimate of drug-likeness (QED) is 0.233. The van der Waals surface area contributed by atoms with Gasteiger partial charge in [-0.1, -0.05) is 6.07 Å². The van der Waals surface area contributed by atoms with Gasteiger partial charge in [0.15, 0.2) is 20.7 Å². The third-order valence-electron chi connectivity index (χ3n) is 8.94. The van der Waals surface area contributed by atoms with Gasteiger partial charge in [-0.2, -0.15) is 18.3 Å². The maximum absolute atomic E-state index is 14.1. The number of anilines is 2. The molecule has 17 heteroatoms. The number of aromatic nitrogens is 3. The minimum Gasteiger partial charge on any atom is -0.381 e. The Kier molecular flexibility index (Phi) is 9.92. The Morgan fingerprint density at radius 2 is 1.68 bits per heavy atom. The van der Waals surface area contributed by atoms with E-state index in [9.17, 15) is 40.0 Å². The summed E-state index contributed by atoms with van der Waals surface area (Å²) in [7, 11) is -2.28. The number of rotatable bonds is 8. The van der Waals surface area contributed by atoms with Crippen molar-refractivity contribution in [3.63, 3.8) is 0 Å². The molecule has 2 saturated heterocycles. The standard InChI is InChI=1S/C33H33F5N6O5S/c1-43-10-6-20(7-11-43)21-2-3-25(27(16-21)44(32(46)33(36,37)38)24-8-12-49-13-9-24)31(45)40-30-29-26(41-42-30)4-5-28(39-29)50(47,48)18-19-14-22(34)17-23(35)15-19/h2-5,14-17,20,24H,6-13,18H2,1H3,(H2,40,41,42,45). The van der Waals surface area contributed by atoms with Gasteiger partial charge in [-0.15, -0.1) is 0 Å². The van der Waals surface area contributed by atoms with Crippen LogP contribution < -0.4 is 10.2 Å². The van der Waals surface area contributed by atoms with Gasteiger partial charge in [0.1, 0.15) is 17.2 Å². The number of nitrogens with one attached hydrogen (secondary N) is 2. The Hall–Kier alpha value is -4.48. The topological polar surface area (TPSA) is 138 Å². The van der Waals surface area contributed by atoms with Crippen molar-refractivity contribution < 1.29 is 44.7 Å². The van der Waals surface area contributed by atoms with E-state index in [0.717, 1.165) is 44.1 Å². The van der Waals surface area contributed by atoms with Gasteiger partial charge in [0, 0.05) is 25.3 Å². The number of hydrogen-bond donors (Lipinski definition) is 2. The van der Waals surface area contributed by atoms with Crippen molar-refractivity contribution in [1.82, 2.24) is 20.1 Å². The molecule has 0 bridgehead atoms. The van der Waals surface area contributed by atoms with Crippen LogP contribution in [0.2, 0.25) is 0 Å². The summed E-state index contributed by atoms with van der Waals surface area (Å²) in [5.74, 6) is -5.96. The first kappa shape index (κ1) is 35.3. The van der Waals surface area contributed by atoms with Crippen LogP contribution in [0.1, 0.15) is 53.1 Å². The normalized spacial score (nSPS) is 16.8. The molecule has 2 amide bonds. The van der Waals surface area contributed by atoms with Gasteiger partial charge in [0.25, 0.3) is 5.91 Å². The highest BCUT2D eigenvalue weighted by molar-refractivity contribution is 7.90. The minimum atomic E-state index is -5.24. The fraction of sp³-hybridized carbons (Fsp3) is 0.394. The highest BCUT2D eigenvalue weighted by atomic mass is 32.2. The molecule has 0 aliphatic carbocycles. The second-order valence-corrected chi connectivity index (χ2v) is 14.4. The Balaban J connectivity index is 1.37. The Morgan fingerprint density at radius 1 is 1.00 bits per heavy atom. The zero-order chi connectivity index (χ0) is 35.8. The van der Waals surface area contributed by atoms with Gasteiger partial charge in [-0.05, 0) is 99.3 Å². The number of fused-ring (bicyclic) bond motifs is 1. The SMILES string of the molecule is CN1CCC(c2ccc(C(=O)Nc3n[nH]c4ccc(S(=O)(=O)Cc5cc(F)cc(F)c5)nc34)c(N(C(=O)C(F)(F)F)C3CCOCC3)c2)CC1. The number of halogens is 5. The number of carbonyl (C=O) groups excluding carboxylic acids is 2. The molecular weight excluding hydrogens is 687 g/mol. The van der Waals surface area contributed by atoms with E-state index in [1.165, 1.54) is 18.2 Å². The molecule has 0 atom stereocenters. The number of alkyl halides is 3. The second kappa shape index (κ2) is 14.0. The van der Waals surface area contributed by atoms with Gasteiger partial charge in [-0.25, -0.2) is 22.2 Å². The van der Waals surface area contributed by atoms with Crippen LogP contribution in [0.25, 0.3) is 11.0 Å². The van der Waals surface area contributed by atoms with Crippen molar-refractivity contribution in [3.8, 4) is 0 Å². The van der Waals surface area contributed by atoms with Crippen molar-refractivity contribution in [2.75, 3.05) is 43.6 Å². The van der Waals surface area contributed by atoms with Crippen molar-refractivity contribution in [2.45, 2.75) is 54.6 Å². The fourth-order valence-corrected chi connectivity index (χ4v) is 7.65. The van der Waals surface area contributed by atoms with Crippen molar-refractivity contribution in [3.05, 3.63) is 76.9 Å². The lowest BCUT2D eigenvalue weighted by molar-refractivity contribution is -0.171. The predicted octanol–water partition coefficient (Wildman–Crippen LogP) is 5.35. The van der Waals surface area contributed by atoms with Crippen molar-refractivity contribution >= 4 is 44.2 Å². The molecule has 4 heterocycles. The second-order valence-electron chi connectivity index (χ2n) is 12.5. The number of aromatic amines is 1. The van der Waals surface area contributed by atoms with E-state index in [-0.39, 0.29) is 65.6 Å². The summed E-state index contributed by atoms with van der Waals surface area (Å²) < 4.78 is 102. The van der Waals surface area contributed by atoms with Gasteiger partial charge < -0.3 is 19.9 Å². The van der Waals surface area contributed by atoms with Crippen molar-refractivity contribution in [1.29, 1.82) is 0 Å². The third-order valence-corrected chi connectivity index (χ3v) is 10.5. The van der Waals surface area contributed by atoms with E-state index in [0.29, 0.717) is 16.5 Å². The number of benzene rings is 2. The number of carbonyl (C=O) groups is 2. The number of pyridine rings is 1. The summed E-state index contributed by atoms with van der Waals surface area (Å²) in [6.45, 7) is 1.80. The molecule has 4 aromatic rings. The molecule has 2 aliphatic heterocycles. The molecule has 0 spiro atoms. The lowest BCUT2D eigenvalue weighted by atomic mass is 9.88. The molecule has 50 heavy (non-hydrogen) atoms. The fourth-order valence-electron chi connectivity index (χ4n) is 6.39. The van der Waals surface area contributed by atoms with Crippen LogP contribution in [0.4, 0.5) is 33.5 Å². The number of likely N-dealkylation sites (tertiary alicyclic amines) is 1. The molecule has 2 aliphatic rings. The van der Waals surface area contributed by atoms with Crippen LogP contribution in [-0.4, -0.2) is 85.9 Å². The highest BCUT2D eigenvalue weighted by Crippen LogP contribution is 2.37. The Bertz CT molecular complexity index is 2000. The monoisotopic (exact) mass is 720 g/mol. The molecule has 0 saturated carbocycles. The lowest BCUT2D eigenvalue weighted by Gasteiger charge is -2.36. The van der Waals surface area contributed by atoms with Crippen LogP contribution >= 0.6 is 0 Å². The molecule has 2 aromatic carbocycles. The summed E-state index contributed by atoms with van der Waals surface area (Å²) in [4.78, 5) is 33.9. The summed E-state index contributed by atoms with van der Waals surface area (Å²) >= 11 is 0. The molecular formula is C33H33F5N6O5S. The van der Waals surface area contributed by atoms with E-state index >= 15 is 0 Å². The maximum atomic E-state index is 14.1. The molecule has 11 nitrogen and oxygen atoms in total. The molecule has 0 unspecified atom stereocenters. The number of amides is 2. The van der Waals surface area contributed by atoms with Gasteiger partial charge in [0.2, 0.25) is 0 Å². The Labute approximate surface area is 283 Å². The Morgan fingerprint density at radius 3 is 2.34 bits per heavy atom. The zero-order valence-electron chi connectivity index (χ0n) is 26.8. The summed E-state index contributed by atoms with van der Waals surface area (Å²) in [5.41, 5.74) is 0.206. The van der Waals surface area contributed by atoms with Crippen LogP contribution in [0.5, 0.6) is 0 Å². The molecule has 0 radical (unpaired) electrons. The number of ether oxygens (including phenoxy) is 1. The lowest BCUT2D eigenvalue weighted by Crippen LogP contribution is -2.50. The smallest absolute Gasteiger partial charge is 0.381 e. The van der Waals surface area contributed by atoms with E-state index in [4.69, 9.17) is 4.74 Å². The average Bonchev–Trinajstić information content (AvgIpc) is 3.46. The largest absolute Gasteiger partial charge is 0.471 e.